The van der Waals surface area contributed by atoms with Gasteiger partial charge in [0, 0.05) is 42.9 Å². The van der Waals surface area contributed by atoms with Crippen molar-refractivity contribution >= 4 is 15.9 Å². The number of aromatic nitrogens is 2. The molecular formula is C12H17BrN2O2. The quantitative estimate of drug-likeness (QED) is 0.799. The van der Waals surface area contributed by atoms with Gasteiger partial charge in [-0.1, -0.05) is 15.9 Å². The average Bonchev–Trinajstić information content (AvgIpc) is 2.35. The Labute approximate surface area is 109 Å². The highest BCUT2D eigenvalue weighted by Gasteiger charge is 2.32. The van der Waals surface area contributed by atoms with Gasteiger partial charge in [0.2, 0.25) is 0 Å². The molecule has 1 aliphatic heterocycles. The summed E-state index contributed by atoms with van der Waals surface area (Å²) >= 11 is 3.58. The zero-order valence-corrected chi connectivity index (χ0v) is 11.6. The van der Waals surface area contributed by atoms with Crippen LogP contribution < -0.4 is 5.69 Å². The molecule has 1 aromatic rings. The predicted octanol–water partition coefficient (Wildman–Crippen LogP) is 1.74. The van der Waals surface area contributed by atoms with E-state index in [1.54, 1.807) is 10.8 Å². The van der Waals surface area contributed by atoms with Crippen LogP contribution in [0.2, 0.25) is 0 Å². The summed E-state index contributed by atoms with van der Waals surface area (Å²) in [5.74, 6) is 0. The van der Waals surface area contributed by atoms with Crippen LogP contribution in [0, 0.1) is 12.3 Å². The first-order chi connectivity index (χ1) is 8.15. The molecule has 17 heavy (non-hydrogen) atoms. The van der Waals surface area contributed by atoms with Gasteiger partial charge in [-0.05, 0) is 25.3 Å². The number of rotatable bonds is 3. The van der Waals surface area contributed by atoms with E-state index in [2.05, 4.69) is 20.9 Å². The maximum atomic E-state index is 11.7. The van der Waals surface area contributed by atoms with Crippen molar-refractivity contribution in [3.8, 4) is 0 Å². The predicted molar refractivity (Wildman–Crippen MR) is 69.5 cm³/mol. The summed E-state index contributed by atoms with van der Waals surface area (Å²) in [5.41, 5.74) is 0.973. The number of hydrogen-bond acceptors (Lipinski definition) is 3. The zero-order valence-electron chi connectivity index (χ0n) is 9.99. The summed E-state index contributed by atoms with van der Waals surface area (Å²) in [6.45, 7) is 4.22. The Hall–Kier alpha value is -0.680. The van der Waals surface area contributed by atoms with E-state index >= 15 is 0 Å². The fourth-order valence-corrected chi connectivity index (χ4v) is 2.92. The normalized spacial score (nSPS) is 19.2. The molecule has 0 aliphatic carbocycles. The maximum absolute atomic E-state index is 11.7. The smallest absolute Gasteiger partial charge is 0.347 e. The zero-order chi connectivity index (χ0) is 12.3. The molecule has 1 saturated heterocycles. The van der Waals surface area contributed by atoms with Crippen molar-refractivity contribution in [1.82, 2.24) is 9.55 Å². The molecule has 1 fully saturated rings. The van der Waals surface area contributed by atoms with Crippen molar-refractivity contribution in [2.75, 3.05) is 18.5 Å². The van der Waals surface area contributed by atoms with Crippen LogP contribution in [0.5, 0.6) is 0 Å². The fourth-order valence-electron chi connectivity index (χ4n) is 2.18. The lowest BCUT2D eigenvalue weighted by atomic mass is 9.82. The van der Waals surface area contributed by atoms with Gasteiger partial charge < -0.3 is 4.74 Å². The first-order valence-corrected chi connectivity index (χ1v) is 6.94. The van der Waals surface area contributed by atoms with Crippen molar-refractivity contribution in [3.05, 3.63) is 28.4 Å². The number of alkyl halides is 1. The Bertz CT molecular complexity index is 438. The third-order valence-electron chi connectivity index (χ3n) is 3.33. The Morgan fingerprint density at radius 1 is 1.53 bits per heavy atom. The maximum Gasteiger partial charge on any atom is 0.347 e. The summed E-state index contributed by atoms with van der Waals surface area (Å²) in [6, 6.07) is 0. The minimum atomic E-state index is -0.164. The summed E-state index contributed by atoms with van der Waals surface area (Å²) < 4.78 is 7.12. The molecule has 0 saturated carbocycles. The average molecular weight is 301 g/mol. The first-order valence-electron chi connectivity index (χ1n) is 5.82. The summed E-state index contributed by atoms with van der Waals surface area (Å²) in [6.07, 6.45) is 5.47. The van der Waals surface area contributed by atoms with Gasteiger partial charge in [-0.2, -0.15) is 0 Å². The van der Waals surface area contributed by atoms with Crippen molar-refractivity contribution in [1.29, 1.82) is 0 Å². The Morgan fingerprint density at radius 2 is 2.24 bits per heavy atom. The number of ether oxygens (including phenoxy) is 1. The van der Waals surface area contributed by atoms with Crippen molar-refractivity contribution in [2.45, 2.75) is 26.3 Å². The van der Waals surface area contributed by atoms with Gasteiger partial charge in [0.05, 0.1) is 0 Å². The monoisotopic (exact) mass is 300 g/mol. The topological polar surface area (TPSA) is 44.1 Å². The number of aryl methyl sites for hydroxylation is 1. The molecule has 0 radical (unpaired) electrons. The number of nitrogens with zero attached hydrogens (tertiary/aromatic N) is 2. The van der Waals surface area contributed by atoms with E-state index < -0.39 is 0 Å². The third-order valence-corrected chi connectivity index (χ3v) is 4.52. The number of halogens is 1. The molecule has 4 nitrogen and oxygen atoms in total. The Kier molecular flexibility index (Phi) is 3.99. The van der Waals surface area contributed by atoms with Gasteiger partial charge in [-0.25, -0.2) is 9.78 Å². The Morgan fingerprint density at radius 3 is 2.88 bits per heavy atom. The van der Waals surface area contributed by atoms with Crippen LogP contribution in [0.25, 0.3) is 0 Å². The lowest BCUT2D eigenvalue weighted by Gasteiger charge is -2.35. The van der Waals surface area contributed by atoms with Crippen LogP contribution in [0.15, 0.2) is 17.2 Å². The van der Waals surface area contributed by atoms with Gasteiger partial charge in [0.25, 0.3) is 0 Å². The highest BCUT2D eigenvalue weighted by molar-refractivity contribution is 9.09. The van der Waals surface area contributed by atoms with Crippen LogP contribution >= 0.6 is 15.9 Å². The van der Waals surface area contributed by atoms with E-state index in [0.717, 1.165) is 43.5 Å². The second-order valence-corrected chi connectivity index (χ2v) is 5.35. The fraction of sp³-hybridized carbons (Fsp3) is 0.667. The van der Waals surface area contributed by atoms with Crippen molar-refractivity contribution in [3.63, 3.8) is 0 Å². The van der Waals surface area contributed by atoms with Gasteiger partial charge in [0.1, 0.15) is 0 Å². The molecule has 0 spiro atoms. The first kappa shape index (κ1) is 12.8. The molecule has 0 bridgehead atoms. The molecule has 1 aliphatic rings. The molecule has 1 aromatic heterocycles. The number of hydrogen-bond donors (Lipinski definition) is 0. The summed E-state index contributed by atoms with van der Waals surface area (Å²) in [4.78, 5) is 15.6. The van der Waals surface area contributed by atoms with Crippen LogP contribution in [0.1, 0.15) is 18.4 Å². The molecule has 94 valence electrons. The molecule has 0 aromatic carbocycles. The van der Waals surface area contributed by atoms with Crippen LogP contribution in [0.4, 0.5) is 0 Å². The van der Waals surface area contributed by atoms with E-state index in [1.807, 2.05) is 13.1 Å². The van der Waals surface area contributed by atoms with Crippen molar-refractivity contribution in [2.24, 2.45) is 5.41 Å². The van der Waals surface area contributed by atoms with Gasteiger partial charge in [-0.15, -0.1) is 0 Å². The molecule has 2 heterocycles. The third kappa shape index (κ3) is 2.96. The summed E-state index contributed by atoms with van der Waals surface area (Å²) in [7, 11) is 0. The molecule has 0 atom stereocenters. The van der Waals surface area contributed by atoms with Crippen LogP contribution in [0.3, 0.4) is 0 Å². The van der Waals surface area contributed by atoms with E-state index in [-0.39, 0.29) is 11.1 Å². The Balaban J connectivity index is 2.23. The molecule has 0 N–H and O–H groups in total. The summed E-state index contributed by atoms with van der Waals surface area (Å²) in [5, 5.41) is 0.893. The lowest BCUT2D eigenvalue weighted by molar-refractivity contribution is 0.0179. The standard InChI is InChI=1S/C12H17BrN2O2/c1-10-6-14-11(16)15(7-10)9-12(8-13)2-4-17-5-3-12/h6-7H,2-5,8-9H2,1H3. The molecule has 5 heteroatoms. The minimum Gasteiger partial charge on any atom is -0.381 e. The second-order valence-electron chi connectivity index (χ2n) is 4.79. The van der Waals surface area contributed by atoms with E-state index in [1.165, 1.54) is 0 Å². The van der Waals surface area contributed by atoms with Crippen molar-refractivity contribution < 1.29 is 4.74 Å². The highest BCUT2D eigenvalue weighted by atomic mass is 79.9. The molecule has 0 amide bonds. The highest BCUT2D eigenvalue weighted by Crippen LogP contribution is 2.33. The largest absolute Gasteiger partial charge is 0.381 e. The lowest BCUT2D eigenvalue weighted by Crippen LogP contribution is -2.38. The minimum absolute atomic E-state index is 0.123. The SMILES string of the molecule is Cc1cnc(=O)n(CC2(CBr)CCOCC2)c1. The van der Waals surface area contributed by atoms with E-state index in [0.29, 0.717) is 0 Å². The van der Waals surface area contributed by atoms with Gasteiger partial charge >= 0.3 is 5.69 Å². The molecular weight excluding hydrogens is 284 g/mol. The van der Waals surface area contributed by atoms with Crippen LogP contribution in [-0.2, 0) is 11.3 Å². The van der Waals surface area contributed by atoms with Crippen LogP contribution in [-0.4, -0.2) is 28.1 Å². The molecule has 0 unspecified atom stereocenters. The van der Waals surface area contributed by atoms with Gasteiger partial charge in [0.15, 0.2) is 0 Å². The second kappa shape index (κ2) is 5.31. The molecule has 2 rings (SSSR count). The van der Waals surface area contributed by atoms with E-state index in [4.69, 9.17) is 4.74 Å². The van der Waals surface area contributed by atoms with Gasteiger partial charge in [-0.3, -0.25) is 4.57 Å². The van der Waals surface area contributed by atoms with E-state index in [9.17, 15) is 4.79 Å².